The van der Waals surface area contributed by atoms with Crippen LogP contribution in [0.1, 0.15) is 19.4 Å². The van der Waals surface area contributed by atoms with Gasteiger partial charge in [-0.25, -0.2) is 4.79 Å². The minimum absolute atomic E-state index is 0.358. The molecule has 0 unspecified atom stereocenters. The molecule has 7 nitrogen and oxygen atoms in total. The molecular formula is C18H22ClN5O2. The second-order valence-electron chi connectivity index (χ2n) is 6.77. The molecule has 3 rings (SSSR count). The number of rotatable bonds is 5. The van der Waals surface area contributed by atoms with Crippen molar-refractivity contribution in [1.82, 2.24) is 18.7 Å². The Balaban J connectivity index is 2.26. The van der Waals surface area contributed by atoms with Gasteiger partial charge in [-0.15, -0.1) is 0 Å². The zero-order chi connectivity index (χ0) is 19.0. The summed E-state index contributed by atoms with van der Waals surface area (Å²) in [6.07, 6.45) is 0. The predicted molar refractivity (Wildman–Crippen MR) is 104 cm³/mol. The Hall–Kier alpha value is -2.54. The SMILES string of the molecule is CC(C)CNc1nc2c(c(=O)n(C)c(=O)n2C)n1Cc1ccccc1Cl. The summed E-state index contributed by atoms with van der Waals surface area (Å²) in [4.78, 5) is 29.5. The van der Waals surface area contributed by atoms with E-state index < -0.39 is 5.69 Å². The van der Waals surface area contributed by atoms with Crippen LogP contribution in [0.25, 0.3) is 11.2 Å². The van der Waals surface area contributed by atoms with Crippen LogP contribution in [0.4, 0.5) is 5.95 Å². The number of hydrogen-bond donors (Lipinski definition) is 1. The average molecular weight is 376 g/mol. The highest BCUT2D eigenvalue weighted by Crippen LogP contribution is 2.22. The van der Waals surface area contributed by atoms with Crippen LogP contribution in [0.15, 0.2) is 33.9 Å². The van der Waals surface area contributed by atoms with E-state index in [2.05, 4.69) is 24.1 Å². The minimum atomic E-state index is -0.402. The van der Waals surface area contributed by atoms with Crippen molar-refractivity contribution in [3.8, 4) is 0 Å². The van der Waals surface area contributed by atoms with Crippen LogP contribution < -0.4 is 16.6 Å². The highest BCUT2D eigenvalue weighted by atomic mass is 35.5. The quantitative estimate of drug-likeness (QED) is 0.742. The molecule has 1 aromatic carbocycles. The first-order valence-corrected chi connectivity index (χ1v) is 8.82. The molecule has 2 heterocycles. The molecule has 0 aliphatic carbocycles. The maximum absolute atomic E-state index is 12.8. The third kappa shape index (κ3) is 3.14. The molecule has 0 radical (unpaired) electrons. The highest BCUT2D eigenvalue weighted by Gasteiger charge is 2.19. The Morgan fingerprint density at radius 1 is 1.15 bits per heavy atom. The molecule has 0 amide bonds. The molecule has 1 N–H and O–H groups in total. The molecule has 0 aliphatic rings. The second-order valence-corrected chi connectivity index (χ2v) is 7.17. The topological polar surface area (TPSA) is 73.8 Å². The van der Waals surface area contributed by atoms with E-state index in [1.807, 2.05) is 24.3 Å². The number of imidazole rings is 1. The van der Waals surface area contributed by atoms with Crippen molar-refractivity contribution in [3.05, 3.63) is 55.7 Å². The Morgan fingerprint density at radius 2 is 1.85 bits per heavy atom. The van der Waals surface area contributed by atoms with Crippen molar-refractivity contribution in [1.29, 1.82) is 0 Å². The van der Waals surface area contributed by atoms with Gasteiger partial charge in [0.2, 0.25) is 5.95 Å². The monoisotopic (exact) mass is 375 g/mol. The summed E-state index contributed by atoms with van der Waals surface area (Å²) in [6.45, 7) is 5.25. The number of anilines is 1. The van der Waals surface area contributed by atoms with Gasteiger partial charge in [-0.1, -0.05) is 43.6 Å². The fraction of sp³-hybridized carbons (Fsp3) is 0.389. The molecule has 0 saturated heterocycles. The second kappa shape index (κ2) is 6.99. The summed E-state index contributed by atoms with van der Waals surface area (Å²) < 4.78 is 4.28. The van der Waals surface area contributed by atoms with Crippen molar-refractivity contribution >= 4 is 28.7 Å². The summed E-state index contributed by atoms with van der Waals surface area (Å²) in [6, 6.07) is 7.48. The number of aromatic nitrogens is 4. The van der Waals surface area contributed by atoms with Crippen LogP contribution in [-0.4, -0.2) is 25.2 Å². The van der Waals surface area contributed by atoms with E-state index >= 15 is 0 Å². The molecule has 8 heteroatoms. The Labute approximate surface area is 155 Å². The molecule has 0 bridgehead atoms. The number of fused-ring (bicyclic) bond motifs is 1. The average Bonchev–Trinajstić information content (AvgIpc) is 2.97. The summed E-state index contributed by atoms with van der Waals surface area (Å²) in [5.41, 5.74) is 0.828. The maximum Gasteiger partial charge on any atom is 0.332 e. The lowest BCUT2D eigenvalue weighted by molar-refractivity contribution is 0.677. The van der Waals surface area contributed by atoms with Crippen molar-refractivity contribution in [2.24, 2.45) is 20.0 Å². The third-order valence-electron chi connectivity index (χ3n) is 4.30. The van der Waals surface area contributed by atoms with E-state index in [0.717, 1.165) is 10.1 Å². The first-order valence-electron chi connectivity index (χ1n) is 8.44. The fourth-order valence-electron chi connectivity index (χ4n) is 2.83. The van der Waals surface area contributed by atoms with Gasteiger partial charge in [0.1, 0.15) is 0 Å². The fourth-order valence-corrected chi connectivity index (χ4v) is 3.02. The minimum Gasteiger partial charge on any atom is -0.355 e. The number of hydrogen-bond acceptors (Lipinski definition) is 4. The first-order chi connectivity index (χ1) is 12.3. The van der Waals surface area contributed by atoms with Crippen LogP contribution in [0.3, 0.4) is 0 Å². The Morgan fingerprint density at radius 3 is 2.50 bits per heavy atom. The van der Waals surface area contributed by atoms with Gasteiger partial charge in [-0.05, 0) is 17.5 Å². The predicted octanol–water partition coefficient (Wildman–Crippen LogP) is 2.20. The Bertz CT molecular complexity index is 1080. The van der Waals surface area contributed by atoms with E-state index in [-0.39, 0.29) is 5.56 Å². The largest absolute Gasteiger partial charge is 0.355 e. The molecule has 0 fully saturated rings. The van der Waals surface area contributed by atoms with Crippen LogP contribution in [0, 0.1) is 5.92 Å². The Kier molecular flexibility index (Phi) is 4.91. The van der Waals surface area contributed by atoms with Gasteiger partial charge in [-0.3, -0.25) is 18.5 Å². The normalized spacial score (nSPS) is 11.5. The summed E-state index contributed by atoms with van der Waals surface area (Å²) in [7, 11) is 3.08. The van der Waals surface area contributed by atoms with E-state index in [1.54, 1.807) is 11.6 Å². The zero-order valence-electron chi connectivity index (χ0n) is 15.3. The lowest BCUT2D eigenvalue weighted by atomic mass is 10.2. The number of aryl methyl sites for hydroxylation is 1. The number of nitrogens with one attached hydrogen (secondary N) is 1. The first kappa shape index (κ1) is 18.3. The van der Waals surface area contributed by atoms with Gasteiger partial charge >= 0.3 is 5.69 Å². The van der Waals surface area contributed by atoms with Crippen molar-refractivity contribution in [2.45, 2.75) is 20.4 Å². The third-order valence-corrected chi connectivity index (χ3v) is 4.67. The molecule has 0 atom stereocenters. The summed E-state index contributed by atoms with van der Waals surface area (Å²) in [5.74, 6) is 0.946. The van der Waals surface area contributed by atoms with E-state index in [9.17, 15) is 9.59 Å². The van der Waals surface area contributed by atoms with Crippen LogP contribution in [-0.2, 0) is 20.6 Å². The molecule has 2 aromatic heterocycles. The molecule has 26 heavy (non-hydrogen) atoms. The smallest absolute Gasteiger partial charge is 0.332 e. The van der Waals surface area contributed by atoms with E-state index in [1.165, 1.54) is 11.6 Å². The number of nitrogens with zero attached hydrogens (tertiary/aromatic N) is 4. The molecular weight excluding hydrogens is 354 g/mol. The number of benzene rings is 1. The molecule has 0 saturated carbocycles. The zero-order valence-corrected chi connectivity index (χ0v) is 16.0. The van der Waals surface area contributed by atoms with Crippen molar-refractivity contribution in [2.75, 3.05) is 11.9 Å². The van der Waals surface area contributed by atoms with Gasteiger partial charge in [0.15, 0.2) is 11.2 Å². The van der Waals surface area contributed by atoms with Gasteiger partial charge in [0, 0.05) is 25.7 Å². The van der Waals surface area contributed by atoms with Crippen molar-refractivity contribution < 1.29 is 0 Å². The lowest BCUT2D eigenvalue weighted by Crippen LogP contribution is -2.37. The highest BCUT2D eigenvalue weighted by molar-refractivity contribution is 6.31. The summed E-state index contributed by atoms with van der Waals surface area (Å²) >= 11 is 6.31. The van der Waals surface area contributed by atoms with Gasteiger partial charge in [0.25, 0.3) is 5.56 Å². The van der Waals surface area contributed by atoms with Crippen LogP contribution in [0.2, 0.25) is 5.02 Å². The molecule has 0 spiro atoms. The lowest BCUT2D eigenvalue weighted by Gasteiger charge is -2.13. The van der Waals surface area contributed by atoms with Crippen LogP contribution >= 0.6 is 11.6 Å². The van der Waals surface area contributed by atoms with Crippen molar-refractivity contribution in [3.63, 3.8) is 0 Å². The van der Waals surface area contributed by atoms with Gasteiger partial charge in [0.05, 0.1) is 6.54 Å². The van der Waals surface area contributed by atoms with Gasteiger partial charge < -0.3 is 5.32 Å². The maximum atomic E-state index is 12.8. The number of halogens is 1. The molecule has 3 aromatic rings. The molecule has 138 valence electrons. The van der Waals surface area contributed by atoms with Crippen LogP contribution in [0.5, 0.6) is 0 Å². The van der Waals surface area contributed by atoms with Gasteiger partial charge in [-0.2, -0.15) is 4.98 Å². The standard InChI is InChI=1S/C18H22ClN5O2/c1-11(2)9-20-17-21-15-14(16(25)23(4)18(26)22(15)3)24(17)10-12-7-5-6-8-13(12)19/h5-8,11H,9-10H2,1-4H3,(H,20,21). The summed E-state index contributed by atoms with van der Waals surface area (Å²) in [5, 5.41) is 3.90. The molecule has 0 aliphatic heterocycles. The van der Waals surface area contributed by atoms with E-state index in [0.29, 0.717) is 41.1 Å². The van der Waals surface area contributed by atoms with E-state index in [4.69, 9.17) is 11.6 Å².